The molecule has 166 valence electrons. The van der Waals surface area contributed by atoms with E-state index in [1.807, 2.05) is 12.1 Å². The molecule has 0 unspecified atom stereocenters. The minimum atomic E-state index is 0.0453. The normalized spacial score (nSPS) is 11.5. The first kappa shape index (κ1) is 23.3. The average Bonchev–Trinajstić information content (AvgIpc) is 2.80. The van der Waals surface area contributed by atoms with Gasteiger partial charge < -0.3 is 15.4 Å². The van der Waals surface area contributed by atoms with E-state index < -0.39 is 0 Å². The molecule has 3 rings (SSSR count). The maximum Gasteiger partial charge on any atom is 0.149 e. The van der Waals surface area contributed by atoms with Crippen LogP contribution in [-0.2, 0) is 17.6 Å². The van der Waals surface area contributed by atoms with E-state index in [-0.39, 0.29) is 6.04 Å². The van der Waals surface area contributed by atoms with Gasteiger partial charge in [-0.1, -0.05) is 59.7 Å². The van der Waals surface area contributed by atoms with Crippen molar-refractivity contribution in [3.8, 4) is 6.07 Å². The first-order chi connectivity index (χ1) is 15.6. The Morgan fingerprint density at radius 1 is 0.969 bits per heavy atom. The van der Waals surface area contributed by atoms with Gasteiger partial charge in [-0.05, 0) is 49.9 Å². The molecule has 2 aromatic carbocycles. The van der Waals surface area contributed by atoms with E-state index in [1.165, 1.54) is 22.3 Å². The Kier molecular flexibility index (Phi) is 9.09. The fourth-order valence-corrected chi connectivity index (χ4v) is 3.46. The molecule has 3 aromatic rings. The van der Waals surface area contributed by atoms with Crippen molar-refractivity contribution in [3.05, 3.63) is 89.1 Å². The summed E-state index contributed by atoms with van der Waals surface area (Å²) in [4.78, 5) is 4.57. The fourth-order valence-electron chi connectivity index (χ4n) is 3.46. The summed E-state index contributed by atoms with van der Waals surface area (Å²) in [5.41, 5.74) is 6.04. The van der Waals surface area contributed by atoms with Crippen molar-refractivity contribution in [2.75, 3.05) is 30.4 Å². The molecule has 0 aliphatic heterocycles. The summed E-state index contributed by atoms with van der Waals surface area (Å²) >= 11 is 0. The number of benzene rings is 2. The Hall–Kier alpha value is -3.36. The number of aromatic nitrogens is 1. The highest BCUT2D eigenvalue weighted by Gasteiger charge is 2.13. The summed E-state index contributed by atoms with van der Waals surface area (Å²) < 4.78 is 5.76. The van der Waals surface area contributed by atoms with Gasteiger partial charge in [0, 0.05) is 12.7 Å². The second kappa shape index (κ2) is 12.5. The van der Waals surface area contributed by atoms with Crippen molar-refractivity contribution in [2.24, 2.45) is 0 Å². The van der Waals surface area contributed by atoms with E-state index in [1.54, 1.807) is 6.20 Å². The van der Waals surface area contributed by atoms with Gasteiger partial charge in [0.15, 0.2) is 0 Å². The highest BCUT2D eigenvalue weighted by molar-refractivity contribution is 5.64. The highest BCUT2D eigenvalue weighted by Crippen LogP contribution is 2.20. The molecular formula is C27H32N4O. The Bertz CT molecular complexity index is 993. The number of aryl methyl sites for hydroxylation is 2. The van der Waals surface area contributed by atoms with Crippen LogP contribution in [-0.4, -0.2) is 30.8 Å². The van der Waals surface area contributed by atoms with Crippen LogP contribution >= 0.6 is 0 Å². The summed E-state index contributed by atoms with van der Waals surface area (Å²) in [6.07, 6.45) is 3.95. The molecule has 0 saturated carbocycles. The van der Waals surface area contributed by atoms with Crippen LogP contribution in [0.1, 0.15) is 28.7 Å². The number of nitrogens with zero attached hydrogens (tertiary/aromatic N) is 2. The van der Waals surface area contributed by atoms with Crippen molar-refractivity contribution in [3.63, 3.8) is 0 Å². The maximum absolute atomic E-state index is 8.78. The van der Waals surface area contributed by atoms with Gasteiger partial charge in [-0.3, -0.25) is 0 Å². The fraction of sp³-hybridized carbons (Fsp3) is 0.333. The van der Waals surface area contributed by atoms with Crippen LogP contribution in [0, 0.1) is 25.2 Å². The third-order valence-electron chi connectivity index (χ3n) is 5.28. The van der Waals surface area contributed by atoms with Gasteiger partial charge in [0.25, 0.3) is 0 Å². The zero-order chi connectivity index (χ0) is 22.6. The lowest BCUT2D eigenvalue weighted by molar-refractivity contribution is 0.130. The maximum atomic E-state index is 8.78. The van der Waals surface area contributed by atoms with Crippen molar-refractivity contribution >= 4 is 11.5 Å². The van der Waals surface area contributed by atoms with Gasteiger partial charge in [-0.15, -0.1) is 0 Å². The molecule has 0 aliphatic rings. The second-order valence-corrected chi connectivity index (χ2v) is 8.08. The van der Waals surface area contributed by atoms with Gasteiger partial charge in [-0.25, -0.2) is 4.98 Å². The molecule has 1 atom stereocenters. The number of pyridine rings is 1. The topological polar surface area (TPSA) is 70.0 Å². The molecular weight excluding hydrogens is 396 g/mol. The predicted octanol–water partition coefficient (Wildman–Crippen LogP) is 5.31. The van der Waals surface area contributed by atoms with Gasteiger partial charge in [-0.2, -0.15) is 5.26 Å². The number of hydrogen-bond donors (Lipinski definition) is 2. The molecule has 0 saturated heterocycles. The lowest BCUT2D eigenvalue weighted by atomic mass is 10.0. The van der Waals surface area contributed by atoms with Crippen LogP contribution in [0.3, 0.4) is 0 Å². The third kappa shape index (κ3) is 7.72. The predicted molar refractivity (Wildman–Crippen MR) is 131 cm³/mol. The Labute approximate surface area is 191 Å². The summed E-state index contributed by atoms with van der Waals surface area (Å²) in [6, 6.07) is 23.4. The summed E-state index contributed by atoms with van der Waals surface area (Å²) in [7, 11) is 0. The zero-order valence-electron chi connectivity index (χ0n) is 19.0. The van der Waals surface area contributed by atoms with Gasteiger partial charge in [0.1, 0.15) is 5.82 Å². The lowest BCUT2D eigenvalue weighted by Crippen LogP contribution is -2.29. The molecule has 5 heteroatoms. The molecule has 0 fully saturated rings. The molecule has 0 spiro atoms. The number of rotatable bonds is 12. The number of nitrogens with one attached hydrogen (secondary N) is 2. The van der Waals surface area contributed by atoms with Crippen molar-refractivity contribution in [2.45, 2.75) is 39.2 Å². The minimum Gasteiger partial charge on any atom is -0.382 e. The minimum absolute atomic E-state index is 0.0453. The van der Waals surface area contributed by atoms with E-state index in [0.29, 0.717) is 19.6 Å². The number of anilines is 2. The van der Waals surface area contributed by atoms with Crippen molar-refractivity contribution < 1.29 is 4.74 Å². The van der Waals surface area contributed by atoms with E-state index in [9.17, 15) is 0 Å². The zero-order valence-corrected chi connectivity index (χ0v) is 19.0. The Morgan fingerprint density at radius 2 is 1.66 bits per heavy atom. The van der Waals surface area contributed by atoms with Crippen molar-refractivity contribution in [1.82, 2.24) is 4.98 Å². The van der Waals surface area contributed by atoms with E-state index >= 15 is 0 Å². The number of hydrogen-bond acceptors (Lipinski definition) is 5. The van der Waals surface area contributed by atoms with Crippen LogP contribution in [0.25, 0.3) is 0 Å². The van der Waals surface area contributed by atoms with Crippen molar-refractivity contribution in [1.29, 1.82) is 5.26 Å². The van der Waals surface area contributed by atoms with Crippen LogP contribution < -0.4 is 10.6 Å². The molecule has 0 aliphatic carbocycles. The first-order valence-electron chi connectivity index (χ1n) is 11.2. The van der Waals surface area contributed by atoms with Crippen LogP contribution in [0.5, 0.6) is 0 Å². The Balaban J connectivity index is 1.64. The Morgan fingerprint density at radius 3 is 2.34 bits per heavy atom. The summed E-state index contributed by atoms with van der Waals surface area (Å²) in [5.74, 6) is 0.817. The molecule has 32 heavy (non-hydrogen) atoms. The number of nitriles is 1. The highest BCUT2D eigenvalue weighted by atomic mass is 16.5. The quantitative estimate of drug-likeness (QED) is 0.383. The molecule has 1 aromatic heterocycles. The van der Waals surface area contributed by atoms with Gasteiger partial charge in [0.05, 0.1) is 37.4 Å². The molecule has 0 bridgehead atoms. The molecule has 0 radical (unpaired) electrons. The van der Waals surface area contributed by atoms with E-state index in [4.69, 9.17) is 10.00 Å². The standard InChI is InChI=1S/C27H32N4O/c1-21-6-10-23(11-7-21)14-17-29-26-5-3-16-30-27(26)31-25(20-32-18-4-15-28)19-24-12-8-22(2)9-13-24/h3,5-13,16,25,29H,4,14,17-20H2,1-2H3,(H,30,31)/t25-/m0/s1. The van der Waals surface area contributed by atoms with Gasteiger partial charge >= 0.3 is 0 Å². The third-order valence-corrected chi connectivity index (χ3v) is 5.28. The lowest BCUT2D eigenvalue weighted by Gasteiger charge is -2.21. The van der Waals surface area contributed by atoms with Crippen LogP contribution in [0.2, 0.25) is 0 Å². The molecule has 2 N–H and O–H groups in total. The largest absolute Gasteiger partial charge is 0.382 e. The SMILES string of the molecule is Cc1ccc(CCNc2cccnc2N[C@H](COCCC#N)Cc2ccc(C)cc2)cc1. The first-order valence-corrected chi connectivity index (χ1v) is 11.2. The van der Waals surface area contributed by atoms with Gasteiger partial charge in [0.2, 0.25) is 0 Å². The van der Waals surface area contributed by atoms with E-state index in [0.717, 1.165) is 30.9 Å². The summed E-state index contributed by atoms with van der Waals surface area (Å²) in [6.45, 7) is 5.96. The molecule has 5 nitrogen and oxygen atoms in total. The monoisotopic (exact) mass is 428 g/mol. The second-order valence-electron chi connectivity index (χ2n) is 8.08. The summed E-state index contributed by atoms with van der Waals surface area (Å²) in [5, 5.41) is 15.9. The van der Waals surface area contributed by atoms with Crippen LogP contribution in [0.15, 0.2) is 66.9 Å². The van der Waals surface area contributed by atoms with Crippen LogP contribution in [0.4, 0.5) is 11.5 Å². The van der Waals surface area contributed by atoms with E-state index in [2.05, 4.69) is 84.1 Å². The molecule has 1 heterocycles. The average molecular weight is 429 g/mol. The number of ether oxygens (including phenoxy) is 1. The smallest absolute Gasteiger partial charge is 0.149 e. The molecule has 0 amide bonds.